The fourth-order valence-corrected chi connectivity index (χ4v) is 6.65. The van der Waals surface area contributed by atoms with Crippen molar-refractivity contribution in [2.75, 3.05) is 50.0 Å². The van der Waals surface area contributed by atoms with E-state index < -0.39 is 0 Å². The van der Waals surface area contributed by atoms with Crippen molar-refractivity contribution in [2.24, 2.45) is 5.92 Å². The fraction of sp³-hybridized carbons (Fsp3) is 0.600. The highest BCUT2D eigenvalue weighted by atomic mass is 19.1. The lowest BCUT2D eigenvalue weighted by Gasteiger charge is -2.38. The molecule has 0 radical (unpaired) electrons. The molecule has 2 aliphatic carbocycles. The zero-order valence-electron chi connectivity index (χ0n) is 24.0. The van der Waals surface area contributed by atoms with Gasteiger partial charge in [-0.15, -0.1) is 0 Å². The lowest BCUT2D eigenvalue weighted by Crippen LogP contribution is -2.51. The number of amides is 1. The van der Waals surface area contributed by atoms with Crippen molar-refractivity contribution < 1.29 is 19.4 Å². The summed E-state index contributed by atoms with van der Waals surface area (Å²) in [5.41, 5.74) is 1.64. The zero-order valence-corrected chi connectivity index (χ0v) is 24.0. The molecule has 3 heterocycles. The van der Waals surface area contributed by atoms with Crippen LogP contribution in [0.5, 0.6) is 0 Å². The number of imidazole rings is 1. The summed E-state index contributed by atoms with van der Waals surface area (Å²) < 4.78 is 16.7. The second kappa shape index (κ2) is 12.9. The molecule has 3 aromatic rings. The Morgan fingerprint density at radius 1 is 0.976 bits per heavy atom. The van der Waals surface area contributed by atoms with E-state index in [2.05, 4.69) is 25.1 Å². The number of para-hydroxylation sites is 1. The zero-order chi connectivity index (χ0) is 29.1. The van der Waals surface area contributed by atoms with Crippen LogP contribution in [0.1, 0.15) is 57.4 Å². The summed E-state index contributed by atoms with van der Waals surface area (Å²) >= 11 is 0. The molecule has 1 aliphatic heterocycles. The normalized spacial score (nSPS) is 25.5. The van der Waals surface area contributed by atoms with E-state index in [4.69, 9.17) is 9.97 Å². The van der Waals surface area contributed by atoms with E-state index >= 15 is 0 Å². The molecule has 1 amide bonds. The molecule has 1 saturated heterocycles. The molecule has 2 saturated carbocycles. The Hall–Kier alpha value is -3.35. The van der Waals surface area contributed by atoms with E-state index in [0.717, 1.165) is 64.5 Å². The highest BCUT2D eigenvalue weighted by Crippen LogP contribution is 2.38. The van der Waals surface area contributed by atoms with E-state index in [0.29, 0.717) is 48.4 Å². The third kappa shape index (κ3) is 6.35. The van der Waals surface area contributed by atoms with Gasteiger partial charge in [0, 0.05) is 50.7 Å². The van der Waals surface area contributed by atoms with Gasteiger partial charge in [0.15, 0.2) is 5.65 Å². The standard InChI is InChI=1S/C30H41FN8O3/c31-24-3-1-2-4-25(24)34-30-35-26-19-32-29(33-21-7-11-23(41)12-8-21)36-27(26)39(30)22-9-5-20(6-10-22)28(42)38-15-13-37(14-16-38)17-18-40/h1-4,19-23,40-41H,5-18H2,(H,34,35)(H,32,33,36). The number of benzene rings is 1. The number of β-amino-alcohol motifs (C(OH)–C–C–N with tert-alkyl or cyclic N) is 1. The van der Waals surface area contributed by atoms with Gasteiger partial charge in [-0.2, -0.15) is 4.98 Å². The molecule has 3 aliphatic rings. The van der Waals surface area contributed by atoms with Crippen LogP contribution in [0.15, 0.2) is 30.5 Å². The second-order valence-electron chi connectivity index (χ2n) is 11.9. The lowest BCUT2D eigenvalue weighted by atomic mass is 9.85. The van der Waals surface area contributed by atoms with Gasteiger partial charge >= 0.3 is 0 Å². The maximum atomic E-state index is 14.6. The maximum Gasteiger partial charge on any atom is 0.225 e. The summed E-state index contributed by atoms with van der Waals surface area (Å²) in [5.74, 6) is 0.877. The van der Waals surface area contributed by atoms with Crippen molar-refractivity contribution in [1.29, 1.82) is 0 Å². The number of anilines is 3. The average Bonchev–Trinajstić information content (AvgIpc) is 3.37. The number of aromatic nitrogens is 4. The molecule has 6 rings (SSSR count). The summed E-state index contributed by atoms with van der Waals surface area (Å²) in [7, 11) is 0. The van der Waals surface area contributed by atoms with Gasteiger partial charge in [-0.3, -0.25) is 14.3 Å². The first-order valence-electron chi connectivity index (χ1n) is 15.3. The van der Waals surface area contributed by atoms with Gasteiger partial charge in [0.2, 0.25) is 17.8 Å². The summed E-state index contributed by atoms with van der Waals surface area (Å²) in [6.07, 6.45) is 7.79. The van der Waals surface area contributed by atoms with Crippen LogP contribution in [-0.2, 0) is 4.79 Å². The Morgan fingerprint density at radius 2 is 1.71 bits per heavy atom. The van der Waals surface area contributed by atoms with E-state index in [-0.39, 0.29) is 42.4 Å². The number of carbonyl (C=O) groups is 1. The summed E-state index contributed by atoms with van der Waals surface area (Å²) in [6, 6.07) is 6.78. The maximum absolute atomic E-state index is 14.6. The van der Waals surface area contributed by atoms with Crippen LogP contribution >= 0.6 is 0 Å². The predicted octanol–water partition coefficient (Wildman–Crippen LogP) is 3.29. The van der Waals surface area contributed by atoms with Crippen LogP contribution in [-0.4, -0.2) is 96.9 Å². The number of hydrogen-bond donors (Lipinski definition) is 4. The number of aliphatic hydroxyl groups is 2. The van der Waals surface area contributed by atoms with Crippen LogP contribution < -0.4 is 10.6 Å². The lowest BCUT2D eigenvalue weighted by molar-refractivity contribution is -0.138. The Labute approximate surface area is 245 Å². The van der Waals surface area contributed by atoms with Crippen molar-refractivity contribution in [3.63, 3.8) is 0 Å². The smallest absolute Gasteiger partial charge is 0.225 e. The van der Waals surface area contributed by atoms with Crippen molar-refractivity contribution >= 4 is 34.7 Å². The Balaban J connectivity index is 1.21. The number of nitrogens with zero attached hydrogens (tertiary/aromatic N) is 6. The highest BCUT2D eigenvalue weighted by molar-refractivity contribution is 5.79. The molecule has 4 N–H and O–H groups in total. The number of nitrogens with one attached hydrogen (secondary N) is 2. The topological polar surface area (TPSA) is 132 Å². The first-order chi connectivity index (χ1) is 20.5. The first kappa shape index (κ1) is 28.8. The number of aliphatic hydroxyl groups excluding tert-OH is 2. The third-order valence-electron chi connectivity index (χ3n) is 9.09. The van der Waals surface area contributed by atoms with Crippen molar-refractivity contribution in [3.8, 4) is 0 Å². The minimum atomic E-state index is -0.363. The van der Waals surface area contributed by atoms with Crippen LogP contribution in [0, 0.1) is 11.7 Å². The largest absolute Gasteiger partial charge is 0.395 e. The highest BCUT2D eigenvalue weighted by Gasteiger charge is 2.33. The Morgan fingerprint density at radius 3 is 2.43 bits per heavy atom. The van der Waals surface area contributed by atoms with E-state index in [1.165, 1.54) is 6.07 Å². The van der Waals surface area contributed by atoms with Crippen LogP contribution in [0.3, 0.4) is 0 Å². The summed E-state index contributed by atoms with van der Waals surface area (Å²) in [4.78, 5) is 31.7. The van der Waals surface area contributed by atoms with Gasteiger partial charge in [-0.1, -0.05) is 12.1 Å². The van der Waals surface area contributed by atoms with E-state index in [9.17, 15) is 19.4 Å². The number of piperazine rings is 1. The minimum Gasteiger partial charge on any atom is -0.395 e. The Kier molecular flexibility index (Phi) is 8.82. The van der Waals surface area contributed by atoms with Crippen LogP contribution in [0.4, 0.5) is 22.0 Å². The third-order valence-corrected chi connectivity index (χ3v) is 9.09. The van der Waals surface area contributed by atoms with Gasteiger partial charge in [-0.05, 0) is 63.5 Å². The minimum absolute atomic E-state index is 0.0167. The number of rotatable bonds is 8. The number of hydrogen-bond acceptors (Lipinski definition) is 9. The number of halogens is 1. The molecule has 42 heavy (non-hydrogen) atoms. The van der Waals surface area contributed by atoms with Gasteiger partial charge in [-0.25, -0.2) is 14.4 Å². The molecule has 2 aromatic heterocycles. The molecule has 1 aromatic carbocycles. The summed E-state index contributed by atoms with van der Waals surface area (Å²) in [5, 5.41) is 25.7. The van der Waals surface area contributed by atoms with Crippen molar-refractivity contribution in [1.82, 2.24) is 29.3 Å². The van der Waals surface area contributed by atoms with Gasteiger partial charge in [0.25, 0.3) is 0 Å². The first-order valence-corrected chi connectivity index (χ1v) is 15.3. The molecule has 3 fully saturated rings. The predicted molar refractivity (Wildman–Crippen MR) is 158 cm³/mol. The van der Waals surface area contributed by atoms with Crippen molar-refractivity contribution in [3.05, 3.63) is 36.3 Å². The Bertz CT molecular complexity index is 1360. The fourth-order valence-electron chi connectivity index (χ4n) is 6.65. The SMILES string of the molecule is O=C(C1CCC(n2c(Nc3ccccc3F)nc3cnc(NC4CCC(O)CC4)nc32)CC1)N1CCN(CCO)CC1. The molecule has 11 nitrogen and oxygen atoms in total. The monoisotopic (exact) mass is 580 g/mol. The molecular formula is C30H41FN8O3. The van der Waals surface area contributed by atoms with E-state index in [1.54, 1.807) is 24.4 Å². The van der Waals surface area contributed by atoms with Gasteiger partial charge in [0.1, 0.15) is 11.3 Å². The second-order valence-corrected chi connectivity index (χ2v) is 11.9. The van der Waals surface area contributed by atoms with Crippen LogP contribution in [0.2, 0.25) is 0 Å². The molecule has 226 valence electrons. The van der Waals surface area contributed by atoms with Gasteiger partial charge < -0.3 is 25.7 Å². The van der Waals surface area contributed by atoms with Crippen LogP contribution in [0.25, 0.3) is 11.2 Å². The van der Waals surface area contributed by atoms with Gasteiger partial charge in [0.05, 0.1) is 24.6 Å². The quantitative estimate of drug-likeness (QED) is 0.317. The molecular weight excluding hydrogens is 539 g/mol. The van der Waals surface area contributed by atoms with Crippen molar-refractivity contribution in [2.45, 2.75) is 69.6 Å². The molecule has 0 bridgehead atoms. The molecule has 12 heteroatoms. The molecule has 0 spiro atoms. The summed E-state index contributed by atoms with van der Waals surface area (Å²) in [6.45, 7) is 3.79. The van der Waals surface area contributed by atoms with E-state index in [1.807, 2.05) is 4.90 Å². The molecule has 0 unspecified atom stereocenters. The number of fused-ring (bicyclic) bond motifs is 1. The number of carbonyl (C=O) groups excluding carboxylic acids is 1. The molecule has 0 atom stereocenters. The average molecular weight is 581 g/mol.